The Morgan fingerprint density at radius 3 is 2.29 bits per heavy atom. The lowest BCUT2D eigenvalue weighted by molar-refractivity contribution is -0.159. The van der Waals surface area contributed by atoms with Gasteiger partial charge in [0.1, 0.15) is 11.6 Å². The van der Waals surface area contributed by atoms with Crippen molar-refractivity contribution in [3.8, 4) is 0 Å². The second-order valence-corrected chi connectivity index (χ2v) is 9.65. The van der Waals surface area contributed by atoms with Crippen LogP contribution in [-0.2, 0) is 25.4 Å². The Morgan fingerprint density at radius 2 is 1.75 bits per heavy atom. The van der Waals surface area contributed by atoms with E-state index in [1.54, 1.807) is 11.8 Å². The Kier molecular flexibility index (Phi) is 4.92. The average molecular weight is 387 g/mol. The topological polar surface area (TPSA) is 65.1 Å². The van der Waals surface area contributed by atoms with E-state index in [9.17, 15) is 9.59 Å². The van der Waals surface area contributed by atoms with E-state index < -0.39 is 35.9 Å². The maximum Gasteiger partial charge on any atom is 0.494 e. The summed E-state index contributed by atoms with van der Waals surface area (Å²) in [5.74, 6) is -0.577. The third-order valence-corrected chi connectivity index (χ3v) is 5.71. The van der Waals surface area contributed by atoms with Gasteiger partial charge in [0, 0.05) is 12.1 Å². The molecule has 1 atom stereocenters. The van der Waals surface area contributed by atoms with Crippen molar-refractivity contribution in [2.75, 3.05) is 0 Å². The predicted octanol–water partition coefficient (Wildman–Crippen LogP) is 2.67. The first-order valence-corrected chi connectivity index (χ1v) is 9.74. The summed E-state index contributed by atoms with van der Waals surface area (Å²) in [4.78, 5) is 26.9. The van der Waals surface area contributed by atoms with Crippen LogP contribution in [0.15, 0.2) is 18.2 Å². The number of rotatable bonds is 3. The number of esters is 1. The van der Waals surface area contributed by atoms with Crippen LogP contribution in [0.5, 0.6) is 0 Å². The molecule has 1 aromatic carbocycles. The molecule has 3 rings (SSSR count). The number of nitrogens with zero attached hydrogens (tertiary/aromatic N) is 1. The van der Waals surface area contributed by atoms with E-state index in [0.29, 0.717) is 12.1 Å². The molecule has 0 saturated carbocycles. The molecule has 0 bridgehead atoms. The average Bonchev–Trinajstić information content (AvgIpc) is 2.98. The van der Waals surface area contributed by atoms with Crippen LogP contribution in [0.25, 0.3) is 0 Å². The van der Waals surface area contributed by atoms with Crippen molar-refractivity contribution < 1.29 is 23.6 Å². The Morgan fingerprint density at radius 1 is 1.18 bits per heavy atom. The van der Waals surface area contributed by atoms with Gasteiger partial charge in [0.05, 0.1) is 11.2 Å². The molecule has 1 amide bonds. The molecule has 0 aromatic heterocycles. The minimum Gasteiger partial charge on any atom is -0.458 e. The van der Waals surface area contributed by atoms with Gasteiger partial charge < -0.3 is 18.9 Å². The fraction of sp³-hybridized carbons (Fsp3) is 0.619. The summed E-state index contributed by atoms with van der Waals surface area (Å²) in [6.07, 6.45) is 0. The second kappa shape index (κ2) is 6.60. The van der Waals surface area contributed by atoms with Gasteiger partial charge in [-0.05, 0) is 72.5 Å². The number of benzene rings is 1. The quantitative estimate of drug-likeness (QED) is 0.590. The SMILES string of the molecule is CC(C(=O)OC(C)(C)C)N1Cc2ccc(B3OC(C)(C)C(C)(C)O3)cc2C1=O. The van der Waals surface area contributed by atoms with Gasteiger partial charge in [-0.15, -0.1) is 0 Å². The maximum absolute atomic E-state index is 13.0. The Bertz CT molecular complexity index is 796. The fourth-order valence-corrected chi connectivity index (χ4v) is 3.29. The molecule has 152 valence electrons. The van der Waals surface area contributed by atoms with Crippen LogP contribution in [0.4, 0.5) is 0 Å². The summed E-state index contributed by atoms with van der Waals surface area (Å²) in [6, 6.07) is 5.01. The van der Waals surface area contributed by atoms with E-state index in [1.807, 2.05) is 66.7 Å². The number of amides is 1. The van der Waals surface area contributed by atoms with E-state index in [0.717, 1.165) is 11.0 Å². The molecular formula is C21H30BNO5. The number of ether oxygens (including phenoxy) is 1. The van der Waals surface area contributed by atoms with Gasteiger partial charge in [-0.3, -0.25) is 4.79 Å². The molecule has 7 heteroatoms. The third-order valence-electron chi connectivity index (χ3n) is 5.71. The van der Waals surface area contributed by atoms with Gasteiger partial charge >= 0.3 is 13.1 Å². The van der Waals surface area contributed by atoms with Crippen molar-refractivity contribution in [3.05, 3.63) is 29.3 Å². The van der Waals surface area contributed by atoms with Crippen molar-refractivity contribution in [2.24, 2.45) is 0 Å². The number of fused-ring (bicyclic) bond motifs is 1. The van der Waals surface area contributed by atoms with Gasteiger partial charge in [0.15, 0.2) is 0 Å². The van der Waals surface area contributed by atoms with Gasteiger partial charge in [0.25, 0.3) is 5.91 Å². The highest BCUT2D eigenvalue weighted by Gasteiger charge is 2.52. The lowest BCUT2D eigenvalue weighted by Crippen LogP contribution is -2.42. The molecule has 0 spiro atoms. The highest BCUT2D eigenvalue weighted by atomic mass is 16.7. The van der Waals surface area contributed by atoms with Crippen LogP contribution in [0.2, 0.25) is 0 Å². The molecular weight excluding hydrogens is 357 g/mol. The van der Waals surface area contributed by atoms with Crippen molar-refractivity contribution in [1.29, 1.82) is 0 Å². The van der Waals surface area contributed by atoms with E-state index in [2.05, 4.69) is 0 Å². The van der Waals surface area contributed by atoms with E-state index >= 15 is 0 Å². The molecule has 0 N–H and O–H groups in total. The van der Waals surface area contributed by atoms with E-state index in [-0.39, 0.29) is 5.91 Å². The molecule has 28 heavy (non-hydrogen) atoms. The monoisotopic (exact) mass is 387 g/mol. The van der Waals surface area contributed by atoms with Gasteiger partial charge in [-0.1, -0.05) is 12.1 Å². The molecule has 2 heterocycles. The minimum absolute atomic E-state index is 0.174. The van der Waals surface area contributed by atoms with Crippen LogP contribution in [0.1, 0.15) is 71.3 Å². The first-order chi connectivity index (χ1) is 12.7. The van der Waals surface area contributed by atoms with Crippen molar-refractivity contribution in [2.45, 2.75) is 84.8 Å². The number of carbonyl (C=O) groups is 2. The zero-order valence-corrected chi connectivity index (χ0v) is 18.1. The molecule has 1 fully saturated rings. The van der Waals surface area contributed by atoms with Gasteiger partial charge in [0.2, 0.25) is 0 Å². The fourth-order valence-electron chi connectivity index (χ4n) is 3.29. The molecule has 1 aromatic rings. The Hall–Kier alpha value is -1.86. The number of carbonyl (C=O) groups excluding carboxylic acids is 2. The molecule has 0 aliphatic carbocycles. The van der Waals surface area contributed by atoms with Crippen molar-refractivity contribution in [3.63, 3.8) is 0 Å². The largest absolute Gasteiger partial charge is 0.494 e. The van der Waals surface area contributed by atoms with Gasteiger partial charge in [-0.2, -0.15) is 0 Å². The first kappa shape index (κ1) is 20.9. The van der Waals surface area contributed by atoms with Crippen LogP contribution < -0.4 is 5.46 Å². The standard InChI is InChI=1S/C21H30BNO5/c1-13(18(25)26-19(2,3)4)23-12-14-9-10-15(11-16(14)17(23)24)22-27-20(5,6)21(7,8)28-22/h9-11,13H,12H2,1-8H3. The molecule has 1 saturated heterocycles. The zero-order chi connectivity index (χ0) is 21.1. The first-order valence-electron chi connectivity index (χ1n) is 9.74. The Labute approximate surface area is 167 Å². The van der Waals surface area contributed by atoms with Crippen LogP contribution in [-0.4, -0.2) is 46.7 Å². The van der Waals surface area contributed by atoms with E-state index in [4.69, 9.17) is 14.0 Å². The van der Waals surface area contributed by atoms with Crippen LogP contribution >= 0.6 is 0 Å². The Balaban J connectivity index is 1.79. The number of hydrogen-bond acceptors (Lipinski definition) is 5. The van der Waals surface area contributed by atoms with Crippen LogP contribution in [0, 0.1) is 0 Å². The summed E-state index contributed by atoms with van der Waals surface area (Å²) >= 11 is 0. The smallest absolute Gasteiger partial charge is 0.458 e. The van der Waals surface area contributed by atoms with Crippen molar-refractivity contribution >= 4 is 24.5 Å². The van der Waals surface area contributed by atoms with Crippen molar-refractivity contribution in [1.82, 2.24) is 4.90 Å². The predicted molar refractivity (Wildman–Crippen MR) is 107 cm³/mol. The second-order valence-electron chi connectivity index (χ2n) is 9.65. The number of hydrogen-bond donors (Lipinski definition) is 0. The summed E-state index contributed by atoms with van der Waals surface area (Å²) in [7, 11) is -0.527. The maximum atomic E-state index is 13.0. The molecule has 6 nitrogen and oxygen atoms in total. The molecule has 2 aliphatic rings. The summed E-state index contributed by atoms with van der Waals surface area (Å²) in [5.41, 5.74) is 0.793. The molecule has 2 aliphatic heterocycles. The highest BCUT2D eigenvalue weighted by molar-refractivity contribution is 6.62. The third kappa shape index (κ3) is 3.70. The lowest BCUT2D eigenvalue weighted by Gasteiger charge is -2.32. The van der Waals surface area contributed by atoms with Crippen LogP contribution in [0.3, 0.4) is 0 Å². The highest BCUT2D eigenvalue weighted by Crippen LogP contribution is 2.37. The molecule has 1 unspecified atom stereocenters. The zero-order valence-electron chi connectivity index (χ0n) is 18.1. The van der Waals surface area contributed by atoms with E-state index in [1.165, 1.54) is 0 Å². The normalized spacial score (nSPS) is 21.6. The summed E-state index contributed by atoms with van der Waals surface area (Å²) in [5, 5.41) is 0. The molecule has 0 radical (unpaired) electrons. The summed E-state index contributed by atoms with van der Waals surface area (Å²) < 4.78 is 17.6. The minimum atomic E-state index is -0.653. The summed E-state index contributed by atoms with van der Waals surface area (Å²) in [6.45, 7) is 15.5. The lowest BCUT2D eigenvalue weighted by atomic mass is 9.78. The van der Waals surface area contributed by atoms with Gasteiger partial charge in [-0.25, -0.2) is 4.79 Å².